The molecule has 0 saturated carbocycles. The third kappa shape index (κ3) is 3.74. The number of carbonyl (C=O) groups is 3. The van der Waals surface area contributed by atoms with E-state index in [0.29, 0.717) is 32.6 Å². The first-order chi connectivity index (χ1) is 14.3. The second kappa shape index (κ2) is 8.01. The number of nitrogens with zero attached hydrogens (tertiary/aromatic N) is 1. The highest BCUT2D eigenvalue weighted by Crippen LogP contribution is 2.35. The zero-order valence-corrected chi connectivity index (χ0v) is 17.4. The van der Waals surface area contributed by atoms with E-state index in [0.717, 1.165) is 5.56 Å². The molecule has 7 nitrogen and oxygen atoms in total. The number of hydrogen-bond donors (Lipinski definition) is 2. The highest BCUT2D eigenvalue weighted by molar-refractivity contribution is 6.31. The molecule has 4 rings (SSSR count). The van der Waals surface area contributed by atoms with E-state index in [1.165, 1.54) is 4.90 Å². The van der Waals surface area contributed by atoms with Crippen molar-refractivity contribution < 1.29 is 19.1 Å². The molecule has 30 heavy (non-hydrogen) atoms. The summed E-state index contributed by atoms with van der Waals surface area (Å²) >= 11 is 12.2. The van der Waals surface area contributed by atoms with E-state index in [1.807, 2.05) is 0 Å². The lowest BCUT2D eigenvalue weighted by Gasteiger charge is -2.32. The number of anilines is 1. The van der Waals surface area contributed by atoms with Crippen molar-refractivity contribution in [2.24, 2.45) is 0 Å². The lowest BCUT2D eigenvalue weighted by Crippen LogP contribution is -2.49. The molecule has 9 heteroatoms. The van der Waals surface area contributed by atoms with Gasteiger partial charge in [-0.25, -0.2) is 9.59 Å². The molecule has 2 aromatic carbocycles. The largest absolute Gasteiger partial charge is 0.456 e. The van der Waals surface area contributed by atoms with Crippen LogP contribution >= 0.6 is 23.2 Å². The van der Waals surface area contributed by atoms with Gasteiger partial charge in [0.05, 0.1) is 17.3 Å². The second-order valence-corrected chi connectivity index (χ2v) is 7.76. The molecule has 0 radical (unpaired) electrons. The van der Waals surface area contributed by atoms with Gasteiger partial charge in [-0.1, -0.05) is 41.4 Å². The average Bonchev–Trinajstić information content (AvgIpc) is 3.09. The molecule has 2 aliphatic heterocycles. The van der Waals surface area contributed by atoms with Crippen LogP contribution in [0.2, 0.25) is 10.0 Å². The van der Waals surface area contributed by atoms with Crippen LogP contribution in [0.15, 0.2) is 53.7 Å². The summed E-state index contributed by atoms with van der Waals surface area (Å²) in [4.78, 5) is 39.0. The van der Waals surface area contributed by atoms with Crippen LogP contribution in [0.1, 0.15) is 17.2 Å². The number of cyclic esters (lactones) is 1. The van der Waals surface area contributed by atoms with E-state index in [4.69, 9.17) is 27.9 Å². The third-order valence-corrected chi connectivity index (χ3v) is 5.67. The molecule has 2 heterocycles. The molecule has 0 spiro atoms. The van der Waals surface area contributed by atoms with E-state index in [-0.39, 0.29) is 13.2 Å². The topological polar surface area (TPSA) is 87.7 Å². The zero-order valence-electron chi connectivity index (χ0n) is 15.9. The van der Waals surface area contributed by atoms with Gasteiger partial charge in [0.2, 0.25) is 5.91 Å². The van der Waals surface area contributed by atoms with Crippen LogP contribution in [0.5, 0.6) is 0 Å². The highest BCUT2D eigenvalue weighted by Gasteiger charge is 2.42. The van der Waals surface area contributed by atoms with Crippen LogP contribution in [0.25, 0.3) is 0 Å². The van der Waals surface area contributed by atoms with Gasteiger partial charge in [0.25, 0.3) is 0 Å². The minimum atomic E-state index is -0.698. The smallest absolute Gasteiger partial charge is 0.338 e. The number of esters is 1. The van der Waals surface area contributed by atoms with E-state index in [2.05, 4.69) is 10.6 Å². The van der Waals surface area contributed by atoms with Crippen LogP contribution in [0, 0.1) is 6.92 Å². The summed E-state index contributed by atoms with van der Waals surface area (Å²) in [5.74, 6) is -0.964. The van der Waals surface area contributed by atoms with Gasteiger partial charge in [0.1, 0.15) is 13.2 Å². The van der Waals surface area contributed by atoms with E-state index in [1.54, 1.807) is 49.4 Å². The Morgan fingerprint density at radius 2 is 2.00 bits per heavy atom. The van der Waals surface area contributed by atoms with Crippen LogP contribution in [0.3, 0.4) is 0 Å². The van der Waals surface area contributed by atoms with Crippen LogP contribution in [-0.2, 0) is 14.3 Å². The molecule has 0 fully saturated rings. The Hall–Kier alpha value is -3.03. The molecule has 2 aliphatic rings. The van der Waals surface area contributed by atoms with Gasteiger partial charge in [0.15, 0.2) is 0 Å². The lowest BCUT2D eigenvalue weighted by atomic mass is 9.96. The van der Waals surface area contributed by atoms with Crippen LogP contribution in [-0.4, -0.2) is 36.0 Å². The fourth-order valence-electron chi connectivity index (χ4n) is 3.49. The van der Waals surface area contributed by atoms with Crippen molar-refractivity contribution in [1.82, 2.24) is 10.2 Å². The Bertz CT molecular complexity index is 1100. The molecule has 3 amide bonds. The fourth-order valence-corrected chi connectivity index (χ4v) is 3.86. The van der Waals surface area contributed by atoms with Gasteiger partial charge in [-0.05, 0) is 42.3 Å². The Labute approximate surface area is 182 Å². The molecule has 2 aromatic rings. The molecular weight excluding hydrogens is 429 g/mol. The number of benzene rings is 2. The summed E-state index contributed by atoms with van der Waals surface area (Å²) in [6, 6.07) is 10.8. The molecule has 0 aliphatic carbocycles. The van der Waals surface area contributed by atoms with Crippen molar-refractivity contribution in [3.8, 4) is 0 Å². The Morgan fingerprint density at radius 1 is 1.23 bits per heavy atom. The molecule has 1 atom stereocenters. The molecular formula is C21H17Cl2N3O4. The van der Waals surface area contributed by atoms with Crippen LogP contribution in [0.4, 0.5) is 10.5 Å². The maximum atomic E-state index is 12.8. The van der Waals surface area contributed by atoms with Crippen molar-refractivity contribution in [1.29, 1.82) is 0 Å². The Kier molecular flexibility index (Phi) is 5.40. The van der Waals surface area contributed by atoms with Crippen molar-refractivity contribution in [2.45, 2.75) is 13.0 Å². The first kappa shape index (κ1) is 20.3. The standard InChI is InChI=1S/C21H17Cl2N3O4/c1-11-14(23)6-3-7-15(11)24-17(27)9-26-16-10-30-20(28)18(16)19(25-21(26)29)12-4-2-5-13(22)8-12/h2-8,19H,9-10H2,1H3,(H,24,27)(H,25,29). The quantitative estimate of drug-likeness (QED) is 0.700. The van der Waals surface area contributed by atoms with Gasteiger partial charge in [-0.3, -0.25) is 9.69 Å². The molecule has 0 bridgehead atoms. The first-order valence-electron chi connectivity index (χ1n) is 9.14. The molecule has 0 aromatic heterocycles. The number of urea groups is 1. The van der Waals surface area contributed by atoms with Crippen molar-refractivity contribution in [2.75, 3.05) is 18.5 Å². The second-order valence-electron chi connectivity index (χ2n) is 6.92. The van der Waals surface area contributed by atoms with E-state index < -0.39 is 23.9 Å². The summed E-state index contributed by atoms with van der Waals surface area (Å²) in [6.07, 6.45) is 0. The number of ether oxygens (including phenoxy) is 1. The summed E-state index contributed by atoms with van der Waals surface area (Å²) in [6.45, 7) is 1.42. The maximum Gasteiger partial charge on any atom is 0.338 e. The SMILES string of the molecule is Cc1c(Cl)cccc1NC(=O)CN1C(=O)NC(c2cccc(Cl)c2)C2=C1COC2=O. The molecule has 154 valence electrons. The molecule has 0 saturated heterocycles. The first-order valence-corrected chi connectivity index (χ1v) is 9.89. The number of rotatable bonds is 4. The minimum absolute atomic E-state index is 0.0812. The molecule has 2 N–H and O–H groups in total. The normalized spacial score (nSPS) is 18.1. The van der Waals surface area contributed by atoms with Crippen molar-refractivity contribution >= 4 is 46.8 Å². The fraction of sp³-hybridized carbons (Fsp3) is 0.190. The number of amides is 3. The average molecular weight is 446 g/mol. The predicted molar refractivity (Wildman–Crippen MR) is 112 cm³/mol. The van der Waals surface area contributed by atoms with Crippen molar-refractivity contribution in [3.63, 3.8) is 0 Å². The Balaban J connectivity index is 1.61. The van der Waals surface area contributed by atoms with Gasteiger partial charge in [-0.2, -0.15) is 0 Å². The minimum Gasteiger partial charge on any atom is -0.456 e. The number of hydrogen-bond acceptors (Lipinski definition) is 4. The summed E-state index contributed by atoms with van der Waals surface area (Å²) in [5.41, 5.74) is 2.58. The molecule has 1 unspecified atom stereocenters. The zero-order chi connectivity index (χ0) is 21.4. The predicted octanol–water partition coefficient (Wildman–Crippen LogP) is 3.82. The summed E-state index contributed by atoms with van der Waals surface area (Å²) < 4.78 is 5.17. The van der Waals surface area contributed by atoms with E-state index >= 15 is 0 Å². The van der Waals surface area contributed by atoms with Gasteiger partial charge >= 0.3 is 12.0 Å². The third-order valence-electron chi connectivity index (χ3n) is 5.02. The van der Waals surface area contributed by atoms with Gasteiger partial charge in [0, 0.05) is 15.7 Å². The van der Waals surface area contributed by atoms with E-state index in [9.17, 15) is 14.4 Å². The van der Waals surface area contributed by atoms with Crippen LogP contribution < -0.4 is 10.6 Å². The number of carbonyl (C=O) groups excluding carboxylic acids is 3. The highest BCUT2D eigenvalue weighted by atomic mass is 35.5. The number of nitrogens with one attached hydrogen (secondary N) is 2. The number of halogens is 2. The van der Waals surface area contributed by atoms with Gasteiger partial charge < -0.3 is 15.4 Å². The maximum absolute atomic E-state index is 12.8. The van der Waals surface area contributed by atoms with Gasteiger partial charge in [-0.15, -0.1) is 0 Å². The van der Waals surface area contributed by atoms with Crippen molar-refractivity contribution in [3.05, 3.63) is 74.9 Å². The monoisotopic (exact) mass is 445 g/mol. The Morgan fingerprint density at radius 3 is 2.77 bits per heavy atom. The lowest BCUT2D eigenvalue weighted by molar-refractivity contribution is -0.136. The summed E-state index contributed by atoms with van der Waals surface area (Å²) in [7, 11) is 0. The summed E-state index contributed by atoms with van der Waals surface area (Å²) in [5, 5.41) is 6.52.